The van der Waals surface area contributed by atoms with Crippen LogP contribution in [-0.4, -0.2) is 18.5 Å². The van der Waals surface area contributed by atoms with Crippen molar-refractivity contribution < 1.29 is 4.79 Å². The number of hydrogen-bond donors (Lipinski definition) is 2. The molecule has 0 aliphatic rings. The van der Waals surface area contributed by atoms with Crippen molar-refractivity contribution in [1.82, 2.24) is 5.32 Å². The van der Waals surface area contributed by atoms with Gasteiger partial charge >= 0.3 is 0 Å². The third-order valence-electron chi connectivity index (χ3n) is 1.63. The summed E-state index contributed by atoms with van der Waals surface area (Å²) in [5.74, 6) is -0.240. The van der Waals surface area contributed by atoms with Crippen molar-refractivity contribution in [1.29, 1.82) is 0 Å². The van der Waals surface area contributed by atoms with Gasteiger partial charge in [-0.3, -0.25) is 4.79 Å². The summed E-state index contributed by atoms with van der Waals surface area (Å²) in [5, 5.41) is 2.70. The van der Waals surface area contributed by atoms with Gasteiger partial charge in [0.25, 0.3) is 5.91 Å². The largest absolute Gasteiger partial charge is 0.348 e. The van der Waals surface area contributed by atoms with Crippen LogP contribution in [0, 0.1) is 0 Å². The second-order valence-electron chi connectivity index (χ2n) is 2.85. The van der Waals surface area contributed by atoms with Crippen molar-refractivity contribution in [2.75, 3.05) is 6.54 Å². The molecule has 3 N–H and O–H groups in total. The lowest BCUT2D eigenvalue weighted by molar-refractivity contribution is 0.0942. The first-order valence-electron chi connectivity index (χ1n) is 4.00. The molecule has 0 radical (unpaired) electrons. The summed E-state index contributed by atoms with van der Waals surface area (Å²) in [5.41, 5.74) is 5.78. The third-order valence-corrected chi connectivity index (χ3v) is 3.12. The van der Waals surface area contributed by atoms with Gasteiger partial charge in [0.15, 0.2) is 0 Å². The molecule has 0 unspecified atom stereocenters. The maximum atomic E-state index is 11.5. The van der Waals surface area contributed by atoms with Crippen molar-refractivity contribution in [2.24, 2.45) is 5.73 Å². The number of rotatable bonds is 3. The first kappa shape index (κ1) is 11.8. The molecule has 0 saturated heterocycles. The van der Waals surface area contributed by atoms with Gasteiger partial charge in [-0.2, -0.15) is 0 Å². The number of nitrogens with two attached hydrogens (primary N) is 1. The number of nitrogens with one attached hydrogen (secondary N) is 1. The zero-order chi connectivity index (χ0) is 10.7. The number of amides is 1. The van der Waals surface area contributed by atoms with Gasteiger partial charge in [0.2, 0.25) is 0 Å². The van der Waals surface area contributed by atoms with E-state index in [-0.39, 0.29) is 11.9 Å². The highest BCUT2D eigenvalue weighted by Crippen LogP contribution is 2.30. The standard InChI is InChI=1S/C8H10Cl2N2OS/c1-4(3-11)12-8(13)5-2-6(9)14-7(5)10/h2,4H,3,11H2,1H3,(H,12,13)/t4-/m1/s1. The van der Waals surface area contributed by atoms with Crippen LogP contribution in [0.25, 0.3) is 0 Å². The second kappa shape index (κ2) is 4.98. The highest BCUT2D eigenvalue weighted by atomic mass is 35.5. The van der Waals surface area contributed by atoms with Crippen molar-refractivity contribution >= 4 is 40.4 Å². The Bertz CT molecular complexity index is 340. The molecule has 0 spiro atoms. The van der Waals surface area contributed by atoms with Crippen LogP contribution in [-0.2, 0) is 0 Å². The number of halogens is 2. The topological polar surface area (TPSA) is 55.1 Å². The lowest BCUT2D eigenvalue weighted by Gasteiger charge is -2.10. The molecule has 0 bridgehead atoms. The molecule has 1 atom stereocenters. The third kappa shape index (κ3) is 2.85. The molecule has 1 heterocycles. The van der Waals surface area contributed by atoms with Crippen LogP contribution in [0.15, 0.2) is 6.07 Å². The minimum atomic E-state index is -0.240. The van der Waals surface area contributed by atoms with E-state index < -0.39 is 0 Å². The first-order chi connectivity index (χ1) is 6.54. The Morgan fingerprint density at radius 1 is 1.71 bits per heavy atom. The molecular formula is C8H10Cl2N2OS. The molecule has 14 heavy (non-hydrogen) atoms. The molecule has 0 fully saturated rings. The molecule has 78 valence electrons. The Balaban J connectivity index is 2.74. The summed E-state index contributed by atoms with van der Waals surface area (Å²) < 4.78 is 0.900. The fourth-order valence-corrected chi connectivity index (χ4v) is 2.31. The maximum Gasteiger partial charge on any atom is 0.253 e. The smallest absolute Gasteiger partial charge is 0.253 e. The van der Waals surface area contributed by atoms with E-state index >= 15 is 0 Å². The zero-order valence-corrected chi connectivity index (χ0v) is 9.84. The number of carbonyl (C=O) groups excluding carboxylic acids is 1. The van der Waals surface area contributed by atoms with Gasteiger partial charge in [0.1, 0.15) is 4.34 Å². The van der Waals surface area contributed by atoms with E-state index in [2.05, 4.69) is 5.32 Å². The fraction of sp³-hybridized carbons (Fsp3) is 0.375. The Morgan fingerprint density at radius 2 is 2.36 bits per heavy atom. The minimum absolute atomic E-state index is 0.0720. The van der Waals surface area contributed by atoms with E-state index in [4.69, 9.17) is 28.9 Å². The van der Waals surface area contributed by atoms with Gasteiger partial charge in [-0.05, 0) is 13.0 Å². The molecular weight excluding hydrogens is 243 g/mol. The fourth-order valence-electron chi connectivity index (χ4n) is 0.856. The second-order valence-corrected chi connectivity index (χ2v) is 5.13. The van der Waals surface area contributed by atoms with Crippen LogP contribution in [0.2, 0.25) is 8.67 Å². The van der Waals surface area contributed by atoms with E-state index in [1.165, 1.54) is 11.3 Å². The summed E-state index contributed by atoms with van der Waals surface area (Å²) >= 11 is 12.7. The Kier molecular flexibility index (Phi) is 4.19. The molecule has 0 aliphatic carbocycles. The lowest BCUT2D eigenvalue weighted by Crippen LogP contribution is -2.37. The van der Waals surface area contributed by atoms with Crippen LogP contribution in [0.4, 0.5) is 0 Å². The van der Waals surface area contributed by atoms with Gasteiger partial charge < -0.3 is 11.1 Å². The monoisotopic (exact) mass is 252 g/mol. The lowest BCUT2D eigenvalue weighted by atomic mass is 10.3. The SMILES string of the molecule is C[C@H](CN)NC(=O)c1cc(Cl)sc1Cl. The minimum Gasteiger partial charge on any atom is -0.348 e. The summed E-state index contributed by atoms with van der Waals surface area (Å²) in [6.45, 7) is 2.21. The summed E-state index contributed by atoms with van der Waals surface area (Å²) in [7, 11) is 0. The highest BCUT2D eigenvalue weighted by Gasteiger charge is 2.15. The van der Waals surface area contributed by atoms with E-state index in [1.54, 1.807) is 6.07 Å². The average molecular weight is 253 g/mol. The quantitative estimate of drug-likeness (QED) is 0.867. The van der Waals surface area contributed by atoms with Crippen molar-refractivity contribution in [3.63, 3.8) is 0 Å². The van der Waals surface area contributed by atoms with Crippen molar-refractivity contribution in [3.8, 4) is 0 Å². The van der Waals surface area contributed by atoms with Gasteiger partial charge in [0, 0.05) is 12.6 Å². The number of carbonyl (C=O) groups is 1. The molecule has 6 heteroatoms. The zero-order valence-electron chi connectivity index (χ0n) is 7.51. The number of hydrogen-bond acceptors (Lipinski definition) is 3. The van der Waals surface area contributed by atoms with E-state index in [0.717, 1.165) is 0 Å². The molecule has 0 aliphatic heterocycles. The average Bonchev–Trinajstić information content (AvgIpc) is 2.45. The predicted octanol–water partition coefficient (Wildman–Crippen LogP) is 2.13. The molecule has 1 amide bonds. The van der Waals surface area contributed by atoms with Crippen LogP contribution in [0.3, 0.4) is 0 Å². The van der Waals surface area contributed by atoms with Crippen molar-refractivity contribution in [3.05, 3.63) is 20.3 Å². The molecule has 3 nitrogen and oxygen atoms in total. The van der Waals surface area contributed by atoms with Crippen LogP contribution in [0.1, 0.15) is 17.3 Å². The van der Waals surface area contributed by atoms with Crippen LogP contribution >= 0.6 is 34.5 Å². The number of thiophene rings is 1. The molecule has 1 aromatic rings. The van der Waals surface area contributed by atoms with Gasteiger partial charge in [-0.25, -0.2) is 0 Å². The molecule has 1 rings (SSSR count). The summed E-state index contributed by atoms with van der Waals surface area (Å²) in [4.78, 5) is 11.5. The Labute approximate surface area is 96.2 Å². The summed E-state index contributed by atoms with van der Waals surface area (Å²) in [6.07, 6.45) is 0. The summed E-state index contributed by atoms with van der Waals surface area (Å²) in [6, 6.07) is 1.48. The van der Waals surface area contributed by atoms with E-state index in [0.29, 0.717) is 20.8 Å². The van der Waals surface area contributed by atoms with Crippen LogP contribution in [0.5, 0.6) is 0 Å². The Morgan fingerprint density at radius 3 is 2.79 bits per heavy atom. The van der Waals surface area contributed by atoms with E-state index in [9.17, 15) is 4.79 Å². The normalized spacial score (nSPS) is 12.6. The maximum absolute atomic E-state index is 11.5. The predicted molar refractivity (Wildman–Crippen MR) is 60.3 cm³/mol. The van der Waals surface area contributed by atoms with E-state index in [1.807, 2.05) is 6.92 Å². The van der Waals surface area contributed by atoms with Gasteiger partial charge in [-0.1, -0.05) is 23.2 Å². The molecule has 0 saturated carbocycles. The van der Waals surface area contributed by atoms with Crippen LogP contribution < -0.4 is 11.1 Å². The van der Waals surface area contributed by atoms with Crippen molar-refractivity contribution in [2.45, 2.75) is 13.0 Å². The molecule has 0 aromatic carbocycles. The Hall–Kier alpha value is -0.290. The highest BCUT2D eigenvalue weighted by molar-refractivity contribution is 7.20. The first-order valence-corrected chi connectivity index (χ1v) is 5.57. The molecule has 1 aromatic heterocycles. The van der Waals surface area contributed by atoms with Gasteiger partial charge in [0.05, 0.1) is 9.90 Å². The van der Waals surface area contributed by atoms with Gasteiger partial charge in [-0.15, -0.1) is 11.3 Å².